The van der Waals surface area contributed by atoms with Crippen LogP contribution in [0.25, 0.3) is 6.05 Å². The Hall–Kier alpha value is -1.82. The van der Waals surface area contributed by atoms with Gasteiger partial charge in [-0.05, 0) is 17.5 Å². The molecular formula is C15H14. The number of benzene rings is 2. The van der Waals surface area contributed by atoms with Crippen LogP contribution in [0.1, 0.15) is 12.5 Å². The molecule has 15 heavy (non-hydrogen) atoms. The van der Waals surface area contributed by atoms with E-state index in [0.29, 0.717) is 6.05 Å². The van der Waals surface area contributed by atoms with E-state index in [1.807, 2.05) is 54.6 Å². The fraction of sp³-hybridized carbons (Fsp3) is 0.0667. The van der Waals surface area contributed by atoms with Crippen LogP contribution in [0, 0.1) is 0 Å². The van der Waals surface area contributed by atoms with Gasteiger partial charge in [-0.25, -0.2) is 0 Å². The van der Waals surface area contributed by atoms with Gasteiger partial charge < -0.3 is 0 Å². The molecule has 0 saturated carbocycles. The van der Waals surface area contributed by atoms with Gasteiger partial charge >= 0.3 is 0 Å². The SMILES string of the molecule is [2H]/C(=C/Cc1ccccc1)c1ccccc1. The van der Waals surface area contributed by atoms with Crippen molar-refractivity contribution in [2.75, 3.05) is 0 Å². The van der Waals surface area contributed by atoms with E-state index in [1.165, 1.54) is 5.56 Å². The van der Waals surface area contributed by atoms with Crippen LogP contribution >= 0.6 is 0 Å². The lowest BCUT2D eigenvalue weighted by atomic mass is 10.1. The van der Waals surface area contributed by atoms with E-state index in [1.54, 1.807) is 0 Å². The third-order valence-corrected chi connectivity index (χ3v) is 2.22. The summed E-state index contributed by atoms with van der Waals surface area (Å²) in [4.78, 5) is 0. The molecule has 0 heterocycles. The Morgan fingerprint density at radius 3 is 2.13 bits per heavy atom. The second-order valence-electron chi connectivity index (χ2n) is 3.40. The van der Waals surface area contributed by atoms with E-state index >= 15 is 0 Å². The van der Waals surface area contributed by atoms with Crippen molar-refractivity contribution >= 4 is 6.05 Å². The summed E-state index contributed by atoms with van der Waals surface area (Å²) < 4.78 is 7.92. The molecule has 2 rings (SSSR count). The summed E-state index contributed by atoms with van der Waals surface area (Å²) in [7, 11) is 0. The highest BCUT2D eigenvalue weighted by molar-refractivity contribution is 5.49. The van der Waals surface area contributed by atoms with Crippen molar-refractivity contribution in [2.24, 2.45) is 0 Å². The van der Waals surface area contributed by atoms with Crippen molar-refractivity contribution in [3.8, 4) is 0 Å². The van der Waals surface area contributed by atoms with E-state index in [2.05, 4.69) is 12.1 Å². The third kappa shape index (κ3) is 3.10. The summed E-state index contributed by atoms with van der Waals surface area (Å²) in [6.45, 7) is 0. The van der Waals surface area contributed by atoms with Gasteiger partial charge in [0.05, 0.1) is 1.37 Å². The predicted molar refractivity (Wildman–Crippen MR) is 65.6 cm³/mol. The van der Waals surface area contributed by atoms with Crippen LogP contribution in [0.15, 0.2) is 66.7 Å². The molecule has 0 saturated heterocycles. The van der Waals surface area contributed by atoms with Crippen molar-refractivity contribution in [1.29, 1.82) is 0 Å². The van der Waals surface area contributed by atoms with Crippen molar-refractivity contribution in [1.82, 2.24) is 0 Å². The van der Waals surface area contributed by atoms with Gasteiger partial charge in [-0.1, -0.05) is 72.8 Å². The maximum Gasteiger partial charge on any atom is 0.0626 e. The minimum Gasteiger partial charge on any atom is -0.0795 e. The smallest absolute Gasteiger partial charge is 0.0626 e. The third-order valence-electron chi connectivity index (χ3n) is 2.22. The normalized spacial score (nSPS) is 12.3. The number of rotatable bonds is 3. The monoisotopic (exact) mass is 195 g/mol. The first-order valence-corrected chi connectivity index (χ1v) is 5.12. The zero-order valence-corrected chi connectivity index (χ0v) is 8.56. The summed E-state index contributed by atoms with van der Waals surface area (Å²) in [5.74, 6) is 0. The van der Waals surface area contributed by atoms with E-state index in [4.69, 9.17) is 1.37 Å². The standard InChI is InChI=1S/C15H14/c1-3-8-14(9-4-1)12-7-13-15-10-5-2-6-11-15/h1-12H,13H2/b12-7-/i12D. The highest BCUT2D eigenvalue weighted by Crippen LogP contribution is 2.04. The number of hydrogen-bond donors (Lipinski definition) is 0. The molecule has 0 aromatic heterocycles. The molecule has 0 unspecified atom stereocenters. The second kappa shape index (κ2) is 5.16. The van der Waals surface area contributed by atoms with Crippen molar-refractivity contribution < 1.29 is 1.37 Å². The molecule has 0 spiro atoms. The average Bonchev–Trinajstić information content (AvgIpc) is 2.38. The summed E-state index contributed by atoms with van der Waals surface area (Å²) in [5, 5.41) is 0. The number of hydrogen-bond acceptors (Lipinski definition) is 0. The van der Waals surface area contributed by atoms with E-state index in [9.17, 15) is 0 Å². The van der Waals surface area contributed by atoms with Crippen LogP contribution in [-0.2, 0) is 6.42 Å². The second-order valence-corrected chi connectivity index (χ2v) is 3.40. The van der Waals surface area contributed by atoms with Gasteiger partial charge in [0, 0.05) is 0 Å². The van der Waals surface area contributed by atoms with Crippen LogP contribution in [0.4, 0.5) is 0 Å². The molecule has 0 heteroatoms. The molecule has 0 nitrogen and oxygen atoms in total. The summed E-state index contributed by atoms with van der Waals surface area (Å²) >= 11 is 0. The molecule has 0 amide bonds. The molecule has 0 aliphatic heterocycles. The largest absolute Gasteiger partial charge is 0.0795 e. The predicted octanol–water partition coefficient (Wildman–Crippen LogP) is 3.94. The van der Waals surface area contributed by atoms with Gasteiger partial charge in [-0.15, -0.1) is 0 Å². The quantitative estimate of drug-likeness (QED) is 0.695. The molecule has 0 bridgehead atoms. The van der Waals surface area contributed by atoms with E-state index < -0.39 is 0 Å². The van der Waals surface area contributed by atoms with Gasteiger partial charge in [0.2, 0.25) is 0 Å². The maximum atomic E-state index is 7.92. The van der Waals surface area contributed by atoms with Crippen molar-refractivity contribution in [2.45, 2.75) is 6.42 Å². The number of allylic oxidation sites excluding steroid dienone is 1. The van der Waals surface area contributed by atoms with Crippen LogP contribution in [0.3, 0.4) is 0 Å². The zero-order chi connectivity index (χ0) is 11.2. The van der Waals surface area contributed by atoms with Crippen LogP contribution in [0.2, 0.25) is 0 Å². The first kappa shape index (κ1) is 8.49. The highest BCUT2D eigenvalue weighted by atomic mass is 13.9. The fourth-order valence-electron chi connectivity index (χ4n) is 1.44. The van der Waals surface area contributed by atoms with Crippen LogP contribution in [0.5, 0.6) is 0 Å². The minimum atomic E-state index is 0.587. The summed E-state index contributed by atoms with van der Waals surface area (Å²) in [6, 6.07) is 20.6. The zero-order valence-electron chi connectivity index (χ0n) is 9.56. The average molecular weight is 195 g/mol. The molecule has 2 aromatic rings. The molecule has 0 aliphatic rings. The molecule has 0 atom stereocenters. The van der Waals surface area contributed by atoms with Gasteiger partial charge in [-0.2, -0.15) is 0 Å². The topological polar surface area (TPSA) is 0 Å². The van der Waals surface area contributed by atoms with E-state index in [0.717, 1.165) is 12.0 Å². The van der Waals surface area contributed by atoms with Crippen LogP contribution < -0.4 is 0 Å². The lowest BCUT2D eigenvalue weighted by Gasteiger charge is -1.94. The molecule has 0 fully saturated rings. The molecular weight excluding hydrogens is 180 g/mol. The highest BCUT2D eigenvalue weighted by Gasteiger charge is 1.86. The summed E-state index contributed by atoms with van der Waals surface area (Å²) in [5.41, 5.74) is 2.21. The fourth-order valence-corrected chi connectivity index (χ4v) is 1.44. The Morgan fingerprint density at radius 1 is 0.867 bits per heavy atom. The van der Waals surface area contributed by atoms with E-state index in [-0.39, 0.29) is 0 Å². The Kier molecular flexibility index (Phi) is 2.92. The van der Waals surface area contributed by atoms with Crippen LogP contribution in [-0.4, -0.2) is 0 Å². The maximum absolute atomic E-state index is 7.92. The Labute approximate surface area is 92.3 Å². The Bertz CT molecular complexity index is 457. The van der Waals surface area contributed by atoms with Crippen molar-refractivity contribution in [3.05, 3.63) is 77.9 Å². The first-order chi connectivity index (χ1) is 7.86. The lowest BCUT2D eigenvalue weighted by molar-refractivity contribution is 1.28. The Morgan fingerprint density at radius 2 is 1.47 bits per heavy atom. The molecule has 74 valence electrons. The lowest BCUT2D eigenvalue weighted by Crippen LogP contribution is -1.78. The minimum absolute atomic E-state index is 0.587. The molecule has 2 aromatic carbocycles. The van der Waals surface area contributed by atoms with Crippen molar-refractivity contribution in [3.63, 3.8) is 0 Å². The Balaban J connectivity index is 2.09. The molecule has 0 aliphatic carbocycles. The molecule has 0 N–H and O–H groups in total. The summed E-state index contributed by atoms with van der Waals surface area (Å²) in [6.07, 6.45) is 2.76. The first-order valence-electron chi connectivity index (χ1n) is 5.62. The van der Waals surface area contributed by atoms with Gasteiger partial charge in [0.1, 0.15) is 0 Å². The van der Waals surface area contributed by atoms with Gasteiger partial charge in [0.25, 0.3) is 0 Å². The van der Waals surface area contributed by atoms with Gasteiger partial charge in [-0.3, -0.25) is 0 Å². The molecule has 0 radical (unpaired) electrons. The van der Waals surface area contributed by atoms with Gasteiger partial charge in [0.15, 0.2) is 0 Å².